The summed E-state index contributed by atoms with van der Waals surface area (Å²) < 4.78 is 0. The minimum atomic E-state index is -0.352. The molecule has 0 aromatic rings. The highest BCUT2D eigenvalue weighted by Gasteiger charge is 1.88. The van der Waals surface area contributed by atoms with Gasteiger partial charge in [-0.15, -0.1) is 0 Å². The number of hydrogen-bond donors (Lipinski definition) is 4. The molecule has 0 bridgehead atoms. The molecular formula is C7H18O4. The van der Waals surface area contributed by atoms with Gasteiger partial charge in [-0.05, 0) is 19.8 Å². The number of aliphatic hydroxyl groups is 4. The molecule has 0 amide bonds. The molecule has 0 aromatic heterocycles. The van der Waals surface area contributed by atoms with Crippen LogP contribution in [0.5, 0.6) is 0 Å². The standard InChI is InChI=1S/C4H10O2.C3H8O2/c1-4(6)2-3-5;4-2-1-3-5/h4-6H,2-3H2,1H3;4-5H,1-3H2. The van der Waals surface area contributed by atoms with E-state index in [0.29, 0.717) is 12.8 Å². The lowest BCUT2D eigenvalue weighted by Crippen LogP contribution is -2.00. The molecule has 0 aromatic carbocycles. The number of rotatable bonds is 4. The molecule has 0 saturated carbocycles. The molecule has 70 valence electrons. The lowest BCUT2D eigenvalue weighted by atomic mass is 10.3. The summed E-state index contributed by atoms with van der Waals surface area (Å²) in [6, 6.07) is 0. The van der Waals surface area contributed by atoms with Crippen LogP contribution in [0.15, 0.2) is 0 Å². The van der Waals surface area contributed by atoms with Crippen LogP contribution in [0, 0.1) is 0 Å². The Morgan fingerprint density at radius 1 is 1.00 bits per heavy atom. The zero-order chi connectivity index (χ0) is 9.11. The van der Waals surface area contributed by atoms with Gasteiger partial charge in [0.2, 0.25) is 0 Å². The molecule has 0 radical (unpaired) electrons. The van der Waals surface area contributed by atoms with Gasteiger partial charge in [0.25, 0.3) is 0 Å². The molecular weight excluding hydrogens is 148 g/mol. The van der Waals surface area contributed by atoms with Gasteiger partial charge in [0.05, 0.1) is 6.10 Å². The van der Waals surface area contributed by atoms with Gasteiger partial charge in [-0.2, -0.15) is 0 Å². The minimum Gasteiger partial charge on any atom is -0.396 e. The van der Waals surface area contributed by atoms with Gasteiger partial charge in [-0.1, -0.05) is 0 Å². The summed E-state index contributed by atoms with van der Waals surface area (Å²) >= 11 is 0. The summed E-state index contributed by atoms with van der Waals surface area (Å²) in [4.78, 5) is 0. The molecule has 0 aliphatic rings. The molecule has 0 spiro atoms. The molecule has 0 fully saturated rings. The van der Waals surface area contributed by atoms with Gasteiger partial charge in [0.1, 0.15) is 0 Å². The first-order chi connectivity index (χ1) is 5.18. The zero-order valence-corrected chi connectivity index (χ0v) is 6.90. The van der Waals surface area contributed by atoms with Crippen LogP contribution in [0.4, 0.5) is 0 Å². The van der Waals surface area contributed by atoms with Gasteiger partial charge < -0.3 is 20.4 Å². The molecule has 1 atom stereocenters. The van der Waals surface area contributed by atoms with Crippen LogP contribution in [0.1, 0.15) is 19.8 Å². The number of aliphatic hydroxyl groups excluding tert-OH is 4. The monoisotopic (exact) mass is 166 g/mol. The van der Waals surface area contributed by atoms with Gasteiger partial charge in [0, 0.05) is 19.8 Å². The second-order valence-corrected chi connectivity index (χ2v) is 2.16. The highest BCUT2D eigenvalue weighted by molar-refractivity contribution is 4.40. The molecule has 4 heteroatoms. The fourth-order valence-electron chi connectivity index (χ4n) is 0.258. The summed E-state index contributed by atoms with van der Waals surface area (Å²) in [6.45, 7) is 1.92. The Bertz CT molecular complexity index is 54.4. The van der Waals surface area contributed by atoms with E-state index in [-0.39, 0.29) is 25.9 Å². The number of hydrogen-bond acceptors (Lipinski definition) is 4. The quantitative estimate of drug-likeness (QED) is 0.437. The van der Waals surface area contributed by atoms with Crippen LogP contribution < -0.4 is 0 Å². The summed E-state index contributed by atoms with van der Waals surface area (Å²) in [6.07, 6.45) is 0.634. The fourth-order valence-corrected chi connectivity index (χ4v) is 0.258. The largest absolute Gasteiger partial charge is 0.396 e. The Kier molecular flexibility index (Phi) is 15.3. The maximum atomic E-state index is 8.39. The predicted octanol–water partition coefficient (Wildman–Crippen LogP) is -0.889. The Morgan fingerprint density at radius 2 is 1.45 bits per heavy atom. The maximum Gasteiger partial charge on any atom is 0.0533 e. The fraction of sp³-hybridized carbons (Fsp3) is 1.00. The van der Waals surface area contributed by atoms with E-state index in [0.717, 1.165) is 0 Å². The van der Waals surface area contributed by atoms with Crippen molar-refractivity contribution in [2.45, 2.75) is 25.9 Å². The summed E-state index contributed by atoms with van der Waals surface area (Å²) in [5.41, 5.74) is 0. The zero-order valence-electron chi connectivity index (χ0n) is 6.90. The molecule has 0 rings (SSSR count). The molecule has 0 heterocycles. The van der Waals surface area contributed by atoms with Crippen molar-refractivity contribution in [1.29, 1.82) is 0 Å². The van der Waals surface area contributed by atoms with E-state index in [1.165, 1.54) is 0 Å². The van der Waals surface area contributed by atoms with E-state index >= 15 is 0 Å². The first-order valence-electron chi connectivity index (χ1n) is 3.69. The Balaban J connectivity index is 0. The van der Waals surface area contributed by atoms with Crippen molar-refractivity contribution in [2.75, 3.05) is 19.8 Å². The van der Waals surface area contributed by atoms with Crippen LogP contribution in [0.3, 0.4) is 0 Å². The van der Waals surface area contributed by atoms with E-state index < -0.39 is 0 Å². The van der Waals surface area contributed by atoms with Crippen LogP contribution in [-0.2, 0) is 0 Å². The van der Waals surface area contributed by atoms with E-state index in [9.17, 15) is 0 Å². The third-order valence-electron chi connectivity index (χ3n) is 0.863. The third-order valence-corrected chi connectivity index (χ3v) is 0.863. The molecule has 4 nitrogen and oxygen atoms in total. The third kappa shape index (κ3) is 25.8. The highest BCUT2D eigenvalue weighted by atomic mass is 16.3. The van der Waals surface area contributed by atoms with Crippen LogP contribution in [0.2, 0.25) is 0 Å². The van der Waals surface area contributed by atoms with Gasteiger partial charge in [0.15, 0.2) is 0 Å². The molecule has 4 N–H and O–H groups in total. The first-order valence-corrected chi connectivity index (χ1v) is 3.69. The maximum absolute atomic E-state index is 8.39. The smallest absolute Gasteiger partial charge is 0.0533 e. The minimum absolute atomic E-state index is 0.0810. The van der Waals surface area contributed by atoms with Crippen molar-refractivity contribution in [3.8, 4) is 0 Å². The summed E-state index contributed by atoms with van der Waals surface area (Å²) in [7, 11) is 0. The van der Waals surface area contributed by atoms with Gasteiger partial charge in [-0.3, -0.25) is 0 Å². The SMILES string of the molecule is CC(O)CCO.OCCCO. The second-order valence-electron chi connectivity index (χ2n) is 2.16. The molecule has 0 aliphatic carbocycles. The summed E-state index contributed by atoms with van der Waals surface area (Å²) in [5, 5.41) is 32.3. The van der Waals surface area contributed by atoms with Crippen molar-refractivity contribution < 1.29 is 20.4 Å². The highest BCUT2D eigenvalue weighted by Crippen LogP contribution is 1.83. The Labute approximate surface area is 67.1 Å². The average molecular weight is 166 g/mol. The lowest BCUT2D eigenvalue weighted by Gasteiger charge is -1.95. The predicted molar refractivity (Wildman–Crippen MR) is 42.2 cm³/mol. The van der Waals surface area contributed by atoms with Crippen molar-refractivity contribution in [3.63, 3.8) is 0 Å². The topological polar surface area (TPSA) is 80.9 Å². The van der Waals surface area contributed by atoms with Crippen molar-refractivity contribution in [3.05, 3.63) is 0 Å². The molecule has 0 saturated heterocycles. The van der Waals surface area contributed by atoms with Crippen molar-refractivity contribution >= 4 is 0 Å². The molecule has 0 aliphatic heterocycles. The van der Waals surface area contributed by atoms with E-state index in [1.54, 1.807) is 6.92 Å². The lowest BCUT2D eigenvalue weighted by molar-refractivity contribution is 0.148. The average Bonchev–Trinajstić information content (AvgIpc) is 1.90. The molecule has 11 heavy (non-hydrogen) atoms. The van der Waals surface area contributed by atoms with Crippen molar-refractivity contribution in [1.82, 2.24) is 0 Å². The Morgan fingerprint density at radius 3 is 1.45 bits per heavy atom. The summed E-state index contributed by atoms with van der Waals surface area (Å²) in [5.74, 6) is 0. The molecule has 1 unspecified atom stereocenters. The van der Waals surface area contributed by atoms with E-state index in [1.807, 2.05) is 0 Å². The first kappa shape index (κ1) is 13.4. The normalized spacial score (nSPS) is 11.7. The van der Waals surface area contributed by atoms with Gasteiger partial charge in [-0.25, -0.2) is 0 Å². The van der Waals surface area contributed by atoms with Crippen LogP contribution >= 0.6 is 0 Å². The van der Waals surface area contributed by atoms with E-state index in [2.05, 4.69) is 0 Å². The van der Waals surface area contributed by atoms with Crippen LogP contribution in [-0.4, -0.2) is 46.4 Å². The Hall–Kier alpha value is -0.160. The second kappa shape index (κ2) is 12.5. The van der Waals surface area contributed by atoms with Gasteiger partial charge >= 0.3 is 0 Å². The van der Waals surface area contributed by atoms with Crippen LogP contribution in [0.25, 0.3) is 0 Å². The van der Waals surface area contributed by atoms with Crippen molar-refractivity contribution in [2.24, 2.45) is 0 Å². The van der Waals surface area contributed by atoms with E-state index in [4.69, 9.17) is 20.4 Å².